The van der Waals surface area contributed by atoms with E-state index in [1.165, 1.54) is 34.9 Å². The van der Waals surface area contributed by atoms with Crippen LogP contribution in [0.2, 0.25) is 10.0 Å². The molecule has 0 bridgehead atoms. The van der Waals surface area contributed by atoms with Gasteiger partial charge in [0.05, 0.1) is 22.8 Å². The van der Waals surface area contributed by atoms with Gasteiger partial charge in [-0.1, -0.05) is 35.3 Å². The molecule has 0 unspecified atom stereocenters. The molecule has 182 valence electrons. The van der Waals surface area contributed by atoms with Crippen molar-refractivity contribution in [3.8, 4) is 0 Å². The maximum absolute atomic E-state index is 12.8. The minimum Gasteiger partial charge on any atom is -0.465 e. The van der Waals surface area contributed by atoms with Gasteiger partial charge in [-0.3, -0.25) is 19.3 Å². The summed E-state index contributed by atoms with van der Waals surface area (Å²) in [4.78, 5) is 38.2. The van der Waals surface area contributed by atoms with Gasteiger partial charge in [0.2, 0.25) is 10.0 Å². The number of hydrogen-bond donors (Lipinski definition) is 1. The molecule has 2 aromatic rings. The number of rotatable bonds is 11. The summed E-state index contributed by atoms with van der Waals surface area (Å²) in [6.07, 6.45) is 0.474. The monoisotopic (exact) mass is 544 g/mol. The fourth-order valence-corrected chi connectivity index (χ4v) is 6.32. The van der Waals surface area contributed by atoms with Crippen molar-refractivity contribution in [2.75, 3.05) is 24.7 Å². The average Bonchev–Trinajstić information content (AvgIpc) is 3.02. The molecule has 0 spiro atoms. The number of nitrogens with one attached hydrogen (secondary N) is 1. The second-order valence-electron chi connectivity index (χ2n) is 7.24. The van der Waals surface area contributed by atoms with E-state index in [1.54, 1.807) is 31.2 Å². The quantitative estimate of drug-likeness (QED) is 0.261. The lowest BCUT2D eigenvalue weighted by atomic mass is 10.1. The van der Waals surface area contributed by atoms with Crippen LogP contribution in [0.25, 0.3) is 0 Å². The van der Waals surface area contributed by atoms with Crippen molar-refractivity contribution in [1.82, 2.24) is 9.62 Å². The fraction of sp³-hybridized carbons (Fsp3) is 0.318. The third-order valence-corrected chi connectivity index (χ3v) is 8.22. The number of imide groups is 1. The predicted octanol–water partition coefficient (Wildman–Crippen LogP) is 3.62. The van der Waals surface area contributed by atoms with Gasteiger partial charge in [0.25, 0.3) is 11.8 Å². The molecule has 8 nitrogen and oxygen atoms in total. The zero-order chi connectivity index (χ0) is 24.9. The van der Waals surface area contributed by atoms with Crippen LogP contribution in [-0.2, 0) is 19.6 Å². The van der Waals surface area contributed by atoms with Crippen molar-refractivity contribution in [1.29, 1.82) is 0 Å². The van der Waals surface area contributed by atoms with Gasteiger partial charge in [-0.05, 0) is 49.4 Å². The lowest BCUT2D eigenvalue weighted by Gasteiger charge is -2.18. The molecule has 1 atom stereocenters. The van der Waals surface area contributed by atoms with Gasteiger partial charge in [-0.2, -0.15) is 16.5 Å². The van der Waals surface area contributed by atoms with Crippen molar-refractivity contribution in [2.45, 2.75) is 24.3 Å². The van der Waals surface area contributed by atoms with E-state index in [4.69, 9.17) is 27.9 Å². The molecular formula is C22H22Cl2N2O6S2. The van der Waals surface area contributed by atoms with Crippen molar-refractivity contribution >= 4 is 62.8 Å². The van der Waals surface area contributed by atoms with Gasteiger partial charge >= 0.3 is 5.97 Å². The van der Waals surface area contributed by atoms with Gasteiger partial charge in [0.15, 0.2) is 0 Å². The number of esters is 1. The minimum absolute atomic E-state index is 0.0730. The first-order chi connectivity index (χ1) is 16.2. The molecule has 0 saturated heterocycles. The maximum Gasteiger partial charge on any atom is 0.325 e. The summed E-state index contributed by atoms with van der Waals surface area (Å²) in [5.41, 5.74) is 0.774. The summed E-state index contributed by atoms with van der Waals surface area (Å²) in [6, 6.07) is 9.43. The topological polar surface area (TPSA) is 110 Å². The average molecular weight is 545 g/mol. The van der Waals surface area contributed by atoms with Crippen molar-refractivity contribution in [3.63, 3.8) is 0 Å². The fourth-order valence-electron chi connectivity index (χ4n) is 3.31. The molecule has 1 aliphatic rings. The first kappa shape index (κ1) is 26.5. The largest absolute Gasteiger partial charge is 0.465 e. The summed E-state index contributed by atoms with van der Waals surface area (Å²) >= 11 is 13.1. The highest BCUT2D eigenvalue weighted by molar-refractivity contribution is 7.99. The van der Waals surface area contributed by atoms with E-state index in [9.17, 15) is 22.8 Å². The SMILES string of the molecule is CCOC(=O)[C@H](CSCCCN1C(=O)c2ccccc2C1=O)NS(=O)(=O)c1ccc(Cl)cc1Cl. The standard InChI is InChI=1S/C22H22Cl2N2O6S2/c1-2-32-22(29)18(25-34(30,31)19-9-8-14(23)12-17(19)24)13-33-11-5-10-26-20(27)15-6-3-4-7-16(15)21(26)28/h3-4,6-9,12,18,25H,2,5,10-11,13H2,1H3/t18-/m0/s1. The molecule has 0 saturated carbocycles. The highest BCUT2D eigenvalue weighted by atomic mass is 35.5. The number of hydrogen-bond acceptors (Lipinski definition) is 7. The Morgan fingerprint density at radius 2 is 1.76 bits per heavy atom. The Labute approximate surface area is 212 Å². The van der Waals surface area contributed by atoms with Gasteiger partial charge in [-0.25, -0.2) is 8.42 Å². The Morgan fingerprint density at radius 3 is 2.35 bits per heavy atom. The number of thioether (sulfide) groups is 1. The predicted molar refractivity (Wildman–Crippen MR) is 131 cm³/mol. The lowest BCUT2D eigenvalue weighted by molar-refractivity contribution is -0.144. The van der Waals surface area contributed by atoms with Crippen molar-refractivity contribution in [2.24, 2.45) is 0 Å². The number of nitrogens with zero attached hydrogens (tertiary/aromatic N) is 1. The van der Waals surface area contributed by atoms with E-state index in [1.807, 2.05) is 0 Å². The van der Waals surface area contributed by atoms with Crippen molar-refractivity contribution in [3.05, 3.63) is 63.6 Å². The highest BCUT2D eigenvalue weighted by Crippen LogP contribution is 2.26. The van der Waals surface area contributed by atoms with Gasteiger partial charge in [0, 0.05) is 17.3 Å². The summed E-state index contributed by atoms with van der Waals surface area (Å²) in [6.45, 7) is 1.92. The van der Waals surface area contributed by atoms with Gasteiger partial charge in [0.1, 0.15) is 10.9 Å². The summed E-state index contributed by atoms with van der Waals surface area (Å²) in [7, 11) is -4.12. The van der Waals surface area contributed by atoms with E-state index in [0.717, 1.165) is 0 Å². The molecule has 3 rings (SSSR count). The smallest absolute Gasteiger partial charge is 0.325 e. The molecule has 0 radical (unpaired) electrons. The summed E-state index contributed by atoms with van der Waals surface area (Å²) < 4.78 is 32.9. The number of ether oxygens (including phenoxy) is 1. The van der Waals surface area contributed by atoms with Crippen LogP contribution >= 0.6 is 35.0 Å². The van der Waals surface area contributed by atoms with Crippen LogP contribution in [0.4, 0.5) is 0 Å². The Morgan fingerprint density at radius 1 is 1.12 bits per heavy atom. The summed E-state index contributed by atoms with van der Waals surface area (Å²) in [5, 5.41) is 0.204. The molecule has 1 aliphatic heterocycles. The first-order valence-corrected chi connectivity index (χ1v) is 13.7. The third-order valence-electron chi connectivity index (χ3n) is 4.89. The zero-order valence-corrected chi connectivity index (χ0v) is 21.3. The first-order valence-electron chi connectivity index (χ1n) is 10.3. The number of carbonyl (C=O) groups is 3. The Kier molecular flexibility index (Phi) is 9.00. The van der Waals surface area contributed by atoms with Gasteiger partial charge < -0.3 is 4.74 Å². The van der Waals surface area contributed by atoms with Crippen LogP contribution in [0.5, 0.6) is 0 Å². The van der Waals surface area contributed by atoms with Crippen LogP contribution in [-0.4, -0.2) is 61.8 Å². The molecule has 12 heteroatoms. The maximum atomic E-state index is 12.8. The van der Waals surface area contributed by atoms with E-state index < -0.39 is 22.0 Å². The second kappa shape index (κ2) is 11.5. The number of fused-ring (bicyclic) bond motifs is 1. The van der Waals surface area contributed by atoms with E-state index in [2.05, 4.69) is 4.72 Å². The number of carbonyl (C=O) groups excluding carboxylic acids is 3. The Bertz CT molecular complexity index is 1170. The van der Waals surface area contributed by atoms with E-state index in [-0.39, 0.29) is 45.7 Å². The van der Waals surface area contributed by atoms with Crippen LogP contribution in [0, 0.1) is 0 Å². The molecule has 34 heavy (non-hydrogen) atoms. The van der Waals surface area contributed by atoms with Crippen LogP contribution < -0.4 is 4.72 Å². The lowest BCUT2D eigenvalue weighted by Crippen LogP contribution is -2.43. The molecule has 2 amide bonds. The molecule has 1 N–H and O–H groups in total. The minimum atomic E-state index is -4.12. The normalized spacial score (nSPS) is 14.3. The molecule has 0 aliphatic carbocycles. The van der Waals surface area contributed by atoms with E-state index in [0.29, 0.717) is 23.3 Å². The van der Waals surface area contributed by atoms with Crippen molar-refractivity contribution < 1.29 is 27.5 Å². The molecule has 0 fully saturated rings. The molecule has 1 heterocycles. The highest BCUT2D eigenvalue weighted by Gasteiger charge is 2.34. The number of sulfonamides is 1. The number of amides is 2. The Balaban J connectivity index is 1.57. The number of halogens is 2. The summed E-state index contributed by atoms with van der Waals surface area (Å²) in [5.74, 6) is -0.813. The zero-order valence-electron chi connectivity index (χ0n) is 18.1. The van der Waals surface area contributed by atoms with Crippen LogP contribution in [0.1, 0.15) is 34.1 Å². The van der Waals surface area contributed by atoms with E-state index >= 15 is 0 Å². The molecule has 2 aromatic carbocycles. The molecule has 0 aromatic heterocycles. The number of benzene rings is 2. The second-order valence-corrected chi connectivity index (χ2v) is 10.9. The third kappa shape index (κ3) is 6.11. The Hall–Kier alpha value is -2.11. The van der Waals surface area contributed by atoms with Gasteiger partial charge in [-0.15, -0.1) is 0 Å². The van der Waals surface area contributed by atoms with Crippen LogP contribution in [0.3, 0.4) is 0 Å². The van der Waals surface area contributed by atoms with Crippen LogP contribution in [0.15, 0.2) is 47.4 Å². The molecular weight excluding hydrogens is 523 g/mol.